The number of amides is 2. The number of H-pyrrole nitrogens is 1. The van der Waals surface area contributed by atoms with Gasteiger partial charge in [-0.15, -0.1) is 11.3 Å². The maximum Gasteiger partial charge on any atom is 0.264 e. The summed E-state index contributed by atoms with van der Waals surface area (Å²) in [4.78, 5) is 37.0. The van der Waals surface area contributed by atoms with Gasteiger partial charge in [0, 0.05) is 31.7 Å². The molecular formula is C18H18N4O2S. The van der Waals surface area contributed by atoms with E-state index in [4.69, 9.17) is 0 Å². The number of piperazine rings is 1. The Balaban J connectivity index is 1.44. The number of aromatic nitrogens is 2. The smallest absolute Gasteiger partial charge is 0.264 e. The SMILES string of the molecule is Cc1nc2ccc(C(=O)N3CCN(C(=O)c4cccs4)CC3)cc2[nH]1. The lowest BCUT2D eigenvalue weighted by atomic mass is 10.1. The molecule has 2 aromatic heterocycles. The standard InChI is InChI=1S/C18H18N4O2S/c1-12-19-14-5-4-13(11-15(14)20-12)17(23)21-6-8-22(9-7-21)18(24)16-3-2-10-25-16/h2-5,10-11H,6-9H2,1H3,(H,19,20). The van der Waals surface area contributed by atoms with Crippen LogP contribution in [0.3, 0.4) is 0 Å². The molecule has 1 N–H and O–H groups in total. The first kappa shape index (κ1) is 15.8. The summed E-state index contributed by atoms with van der Waals surface area (Å²) >= 11 is 1.45. The summed E-state index contributed by atoms with van der Waals surface area (Å²) in [6.45, 7) is 4.12. The topological polar surface area (TPSA) is 69.3 Å². The second-order valence-electron chi connectivity index (χ2n) is 6.12. The third-order valence-corrected chi connectivity index (χ3v) is 5.29. The van der Waals surface area contributed by atoms with Gasteiger partial charge in [0.25, 0.3) is 11.8 Å². The molecule has 3 heterocycles. The Morgan fingerprint density at radius 1 is 1.08 bits per heavy atom. The Morgan fingerprint density at radius 3 is 2.48 bits per heavy atom. The summed E-state index contributed by atoms with van der Waals surface area (Å²) in [6, 6.07) is 9.24. The lowest BCUT2D eigenvalue weighted by Gasteiger charge is -2.34. The molecule has 0 aliphatic carbocycles. The maximum absolute atomic E-state index is 12.7. The number of aryl methyl sites for hydroxylation is 1. The molecule has 0 spiro atoms. The molecule has 128 valence electrons. The molecule has 0 saturated carbocycles. The highest BCUT2D eigenvalue weighted by atomic mass is 32.1. The fourth-order valence-electron chi connectivity index (χ4n) is 3.12. The van der Waals surface area contributed by atoms with Gasteiger partial charge in [0.15, 0.2) is 0 Å². The number of nitrogens with zero attached hydrogens (tertiary/aromatic N) is 3. The van der Waals surface area contributed by atoms with E-state index in [0.29, 0.717) is 31.7 Å². The molecule has 0 radical (unpaired) electrons. The van der Waals surface area contributed by atoms with Crippen molar-refractivity contribution in [1.82, 2.24) is 19.8 Å². The number of carbonyl (C=O) groups excluding carboxylic acids is 2. The van der Waals surface area contributed by atoms with Crippen molar-refractivity contribution < 1.29 is 9.59 Å². The van der Waals surface area contributed by atoms with Crippen LogP contribution in [0.2, 0.25) is 0 Å². The summed E-state index contributed by atoms with van der Waals surface area (Å²) in [6.07, 6.45) is 0. The minimum atomic E-state index is -0.00243. The first-order valence-electron chi connectivity index (χ1n) is 8.20. The molecule has 1 aromatic carbocycles. The quantitative estimate of drug-likeness (QED) is 0.769. The van der Waals surface area contributed by atoms with Gasteiger partial charge in [0.05, 0.1) is 15.9 Å². The summed E-state index contributed by atoms with van der Waals surface area (Å²) in [5.74, 6) is 0.883. The van der Waals surface area contributed by atoms with Gasteiger partial charge < -0.3 is 14.8 Å². The van der Waals surface area contributed by atoms with E-state index in [1.165, 1.54) is 11.3 Å². The third kappa shape index (κ3) is 3.02. The first-order valence-corrected chi connectivity index (χ1v) is 9.08. The molecule has 1 fully saturated rings. The highest BCUT2D eigenvalue weighted by Gasteiger charge is 2.26. The molecule has 2 amide bonds. The molecule has 0 bridgehead atoms. The van der Waals surface area contributed by atoms with Gasteiger partial charge in [-0.1, -0.05) is 6.07 Å². The predicted octanol–water partition coefficient (Wildman–Crippen LogP) is 2.53. The number of hydrogen-bond donors (Lipinski definition) is 1. The second-order valence-corrected chi connectivity index (χ2v) is 7.06. The van der Waals surface area contributed by atoms with Crippen LogP contribution >= 0.6 is 11.3 Å². The predicted molar refractivity (Wildman–Crippen MR) is 97.0 cm³/mol. The van der Waals surface area contributed by atoms with Crippen molar-refractivity contribution in [3.63, 3.8) is 0 Å². The normalized spacial score (nSPS) is 14.9. The minimum absolute atomic E-state index is 0.00243. The summed E-state index contributed by atoms with van der Waals surface area (Å²) < 4.78 is 0. The van der Waals surface area contributed by atoms with Crippen molar-refractivity contribution in [1.29, 1.82) is 0 Å². The van der Waals surface area contributed by atoms with E-state index >= 15 is 0 Å². The van der Waals surface area contributed by atoms with E-state index in [1.807, 2.05) is 52.4 Å². The van der Waals surface area contributed by atoms with Gasteiger partial charge in [-0.05, 0) is 36.6 Å². The van der Waals surface area contributed by atoms with E-state index in [9.17, 15) is 9.59 Å². The van der Waals surface area contributed by atoms with Gasteiger partial charge in [-0.3, -0.25) is 9.59 Å². The Morgan fingerprint density at radius 2 is 1.80 bits per heavy atom. The van der Waals surface area contributed by atoms with Crippen molar-refractivity contribution in [3.05, 3.63) is 52.0 Å². The van der Waals surface area contributed by atoms with Crippen molar-refractivity contribution in [2.45, 2.75) is 6.92 Å². The molecular weight excluding hydrogens is 336 g/mol. The van der Waals surface area contributed by atoms with E-state index in [0.717, 1.165) is 21.7 Å². The van der Waals surface area contributed by atoms with Crippen LogP contribution in [0, 0.1) is 6.92 Å². The van der Waals surface area contributed by atoms with Crippen molar-refractivity contribution in [2.75, 3.05) is 26.2 Å². The molecule has 0 unspecified atom stereocenters. The van der Waals surface area contributed by atoms with E-state index < -0.39 is 0 Å². The van der Waals surface area contributed by atoms with Crippen molar-refractivity contribution in [2.24, 2.45) is 0 Å². The Labute approximate surface area is 149 Å². The van der Waals surface area contributed by atoms with Crippen LogP contribution in [0.5, 0.6) is 0 Å². The van der Waals surface area contributed by atoms with Crippen LogP contribution < -0.4 is 0 Å². The van der Waals surface area contributed by atoms with Crippen LogP contribution in [-0.2, 0) is 0 Å². The number of aromatic amines is 1. The second kappa shape index (κ2) is 6.33. The lowest BCUT2D eigenvalue weighted by Crippen LogP contribution is -2.50. The molecule has 25 heavy (non-hydrogen) atoms. The third-order valence-electron chi connectivity index (χ3n) is 4.43. The number of fused-ring (bicyclic) bond motifs is 1. The summed E-state index contributed by atoms with van der Waals surface area (Å²) in [5, 5.41) is 1.90. The number of imidazole rings is 1. The fourth-order valence-corrected chi connectivity index (χ4v) is 3.81. The van der Waals surface area contributed by atoms with Gasteiger partial charge in [-0.25, -0.2) is 4.98 Å². The largest absolute Gasteiger partial charge is 0.342 e. The van der Waals surface area contributed by atoms with Crippen LogP contribution in [0.1, 0.15) is 25.9 Å². The van der Waals surface area contributed by atoms with E-state index in [-0.39, 0.29) is 11.8 Å². The van der Waals surface area contributed by atoms with Crippen molar-refractivity contribution in [3.8, 4) is 0 Å². The number of rotatable bonds is 2. The first-order chi connectivity index (χ1) is 12.1. The Hall–Kier alpha value is -2.67. The molecule has 7 heteroatoms. The minimum Gasteiger partial charge on any atom is -0.342 e. The number of benzene rings is 1. The zero-order valence-corrected chi connectivity index (χ0v) is 14.7. The van der Waals surface area contributed by atoms with Crippen LogP contribution in [0.25, 0.3) is 11.0 Å². The Bertz CT molecular complexity index is 924. The van der Waals surface area contributed by atoms with E-state index in [1.54, 1.807) is 0 Å². The zero-order valence-electron chi connectivity index (χ0n) is 13.9. The zero-order chi connectivity index (χ0) is 17.4. The number of thiophene rings is 1. The average Bonchev–Trinajstić information content (AvgIpc) is 3.28. The molecule has 1 aliphatic rings. The van der Waals surface area contributed by atoms with Gasteiger partial charge in [0.2, 0.25) is 0 Å². The van der Waals surface area contributed by atoms with Gasteiger partial charge >= 0.3 is 0 Å². The highest BCUT2D eigenvalue weighted by Crippen LogP contribution is 2.17. The molecule has 0 atom stereocenters. The van der Waals surface area contributed by atoms with Crippen LogP contribution in [0.15, 0.2) is 35.7 Å². The van der Waals surface area contributed by atoms with E-state index in [2.05, 4.69) is 9.97 Å². The van der Waals surface area contributed by atoms with Crippen molar-refractivity contribution >= 4 is 34.2 Å². The summed E-state index contributed by atoms with van der Waals surface area (Å²) in [7, 11) is 0. The van der Waals surface area contributed by atoms with Gasteiger partial charge in [-0.2, -0.15) is 0 Å². The Kier molecular flexibility index (Phi) is 4.01. The molecule has 1 aliphatic heterocycles. The summed E-state index contributed by atoms with van der Waals surface area (Å²) in [5.41, 5.74) is 2.38. The maximum atomic E-state index is 12.7. The van der Waals surface area contributed by atoms with Gasteiger partial charge in [0.1, 0.15) is 5.82 Å². The number of nitrogens with one attached hydrogen (secondary N) is 1. The number of carbonyl (C=O) groups is 2. The van der Waals surface area contributed by atoms with Crippen LogP contribution in [-0.4, -0.2) is 57.8 Å². The molecule has 1 saturated heterocycles. The fraction of sp³-hybridized carbons (Fsp3) is 0.278. The highest BCUT2D eigenvalue weighted by molar-refractivity contribution is 7.12. The molecule has 3 aromatic rings. The monoisotopic (exact) mass is 354 g/mol. The number of hydrogen-bond acceptors (Lipinski definition) is 4. The molecule has 4 rings (SSSR count). The van der Waals surface area contributed by atoms with Crippen LogP contribution in [0.4, 0.5) is 0 Å². The molecule has 6 nitrogen and oxygen atoms in total. The lowest BCUT2D eigenvalue weighted by molar-refractivity contribution is 0.0538. The average molecular weight is 354 g/mol.